The number of carbonyl (C=O) groups is 1. The molecule has 1 aliphatic rings. The molecule has 0 spiro atoms. The van der Waals surface area contributed by atoms with Crippen molar-refractivity contribution in [3.8, 4) is 0 Å². The van der Waals surface area contributed by atoms with E-state index in [1.54, 1.807) is 7.11 Å². The van der Waals surface area contributed by atoms with Crippen molar-refractivity contribution in [3.63, 3.8) is 0 Å². The lowest BCUT2D eigenvalue weighted by Crippen LogP contribution is -2.47. The monoisotopic (exact) mass is 374 g/mol. The number of fused-ring (bicyclic) bond motifs is 1. The molecule has 1 saturated heterocycles. The molecule has 1 aromatic carbocycles. The summed E-state index contributed by atoms with van der Waals surface area (Å²) in [4.78, 5) is 37.8. The van der Waals surface area contributed by atoms with Crippen LogP contribution in [0.5, 0.6) is 0 Å². The Kier molecular flexibility index (Phi) is 5.52. The number of carbonyl (C=O) groups excluding carboxylic acids is 1. The second-order valence-corrected chi connectivity index (χ2v) is 6.90. The van der Waals surface area contributed by atoms with Crippen LogP contribution in [-0.2, 0) is 4.74 Å². The topological polar surface area (TPSA) is 126 Å². The van der Waals surface area contributed by atoms with Crippen molar-refractivity contribution >= 4 is 22.5 Å². The third kappa shape index (κ3) is 4.15. The van der Waals surface area contributed by atoms with Gasteiger partial charge >= 0.3 is 0 Å². The van der Waals surface area contributed by atoms with Crippen LogP contribution in [0.3, 0.4) is 0 Å². The summed E-state index contributed by atoms with van der Waals surface area (Å²) in [7, 11) is 1.63. The van der Waals surface area contributed by atoms with Crippen LogP contribution in [0.15, 0.2) is 29.1 Å². The molecule has 1 aromatic heterocycles. The van der Waals surface area contributed by atoms with Gasteiger partial charge in [0.25, 0.3) is 11.6 Å². The van der Waals surface area contributed by atoms with Gasteiger partial charge in [-0.25, -0.2) is 0 Å². The van der Waals surface area contributed by atoms with Gasteiger partial charge in [-0.05, 0) is 32.0 Å². The lowest BCUT2D eigenvalue weighted by atomic mass is 9.79. The number of methoxy groups -OCH3 is 1. The molecule has 144 valence electrons. The summed E-state index contributed by atoms with van der Waals surface area (Å²) in [5.41, 5.74) is -0.239. The van der Waals surface area contributed by atoms with Gasteiger partial charge in [0.1, 0.15) is 0 Å². The molecule has 0 bridgehead atoms. The highest BCUT2D eigenvalue weighted by atomic mass is 16.6. The van der Waals surface area contributed by atoms with E-state index in [9.17, 15) is 19.7 Å². The Morgan fingerprint density at radius 3 is 2.74 bits per heavy atom. The Balaban J connectivity index is 1.89. The highest BCUT2D eigenvalue weighted by molar-refractivity contribution is 6.06. The number of aromatic amines is 1. The number of nitro groups is 1. The molecule has 3 N–H and O–H groups in total. The second-order valence-electron chi connectivity index (χ2n) is 6.90. The number of hydrogen-bond acceptors (Lipinski definition) is 6. The average Bonchev–Trinajstić information content (AvgIpc) is 2.66. The Morgan fingerprint density at radius 2 is 2.07 bits per heavy atom. The fourth-order valence-electron chi connectivity index (χ4n) is 3.54. The predicted molar refractivity (Wildman–Crippen MR) is 100.0 cm³/mol. The van der Waals surface area contributed by atoms with Crippen molar-refractivity contribution in [1.82, 2.24) is 15.6 Å². The number of nitrogens with zero attached hydrogens (tertiary/aromatic N) is 1. The van der Waals surface area contributed by atoms with Crippen molar-refractivity contribution in [2.75, 3.05) is 33.4 Å². The first-order chi connectivity index (χ1) is 12.9. The van der Waals surface area contributed by atoms with Crippen LogP contribution in [0, 0.1) is 15.5 Å². The molecule has 2 aromatic rings. The third-order valence-electron chi connectivity index (χ3n) is 5.02. The van der Waals surface area contributed by atoms with E-state index in [0.29, 0.717) is 24.1 Å². The normalized spacial score (nSPS) is 16.2. The molecule has 1 aliphatic heterocycles. The largest absolute Gasteiger partial charge is 0.384 e. The number of nitrogens with one attached hydrogen (secondary N) is 3. The molecule has 0 atom stereocenters. The Hall–Kier alpha value is -2.78. The van der Waals surface area contributed by atoms with Gasteiger partial charge in [0.2, 0.25) is 5.56 Å². The number of amides is 1. The number of hydrogen-bond donors (Lipinski definition) is 3. The van der Waals surface area contributed by atoms with Crippen LogP contribution in [-0.4, -0.2) is 49.2 Å². The number of ether oxygens (including phenoxy) is 1. The average molecular weight is 374 g/mol. The molecule has 0 aliphatic carbocycles. The van der Waals surface area contributed by atoms with Crippen LogP contribution < -0.4 is 16.2 Å². The highest BCUT2D eigenvalue weighted by Crippen LogP contribution is 2.28. The molecule has 1 fully saturated rings. The van der Waals surface area contributed by atoms with Gasteiger partial charge in [0, 0.05) is 48.2 Å². The number of nitro benzene ring substituents is 1. The van der Waals surface area contributed by atoms with E-state index in [2.05, 4.69) is 15.6 Å². The van der Waals surface area contributed by atoms with E-state index in [1.807, 2.05) is 0 Å². The molecule has 0 saturated carbocycles. The maximum Gasteiger partial charge on any atom is 0.270 e. The van der Waals surface area contributed by atoms with Gasteiger partial charge in [-0.2, -0.15) is 0 Å². The van der Waals surface area contributed by atoms with Gasteiger partial charge in [0.05, 0.1) is 17.1 Å². The quantitative estimate of drug-likeness (QED) is 0.515. The standard InChI is InChI=1S/C18H22N4O5/c1-27-11-18(4-6-19-7-5-18)10-20-17(24)14-9-16(23)21-15-3-2-12(22(25)26)8-13(14)15/h2-3,8-9,19H,4-7,10-11H2,1H3,(H,20,24)(H,21,23). The molecule has 9 nitrogen and oxygen atoms in total. The third-order valence-corrected chi connectivity index (χ3v) is 5.02. The number of H-pyrrole nitrogens is 1. The zero-order valence-electron chi connectivity index (χ0n) is 15.0. The lowest BCUT2D eigenvalue weighted by molar-refractivity contribution is -0.384. The summed E-state index contributed by atoms with van der Waals surface area (Å²) in [6.07, 6.45) is 1.73. The molecular formula is C18H22N4O5. The number of benzene rings is 1. The molecule has 2 heterocycles. The van der Waals surface area contributed by atoms with E-state index >= 15 is 0 Å². The Morgan fingerprint density at radius 1 is 1.33 bits per heavy atom. The van der Waals surface area contributed by atoms with Crippen molar-refractivity contribution in [1.29, 1.82) is 0 Å². The number of non-ortho nitro benzene ring substituents is 1. The Bertz CT molecular complexity index is 912. The summed E-state index contributed by atoms with van der Waals surface area (Å²) < 4.78 is 5.35. The predicted octanol–water partition coefficient (Wildman–Crippen LogP) is 1.18. The van der Waals surface area contributed by atoms with Crippen LogP contribution in [0.2, 0.25) is 0 Å². The highest BCUT2D eigenvalue weighted by Gasteiger charge is 2.32. The molecule has 27 heavy (non-hydrogen) atoms. The zero-order chi connectivity index (χ0) is 19.4. The minimum atomic E-state index is -0.533. The first-order valence-corrected chi connectivity index (χ1v) is 8.73. The molecule has 3 rings (SSSR count). The maximum atomic E-state index is 12.8. The fraction of sp³-hybridized carbons (Fsp3) is 0.444. The molecule has 0 radical (unpaired) electrons. The Labute approximate surface area is 155 Å². The van der Waals surface area contributed by atoms with Gasteiger partial charge in [-0.15, -0.1) is 0 Å². The van der Waals surface area contributed by atoms with Gasteiger partial charge < -0.3 is 20.4 Å². The molecule has 1 amide bonds. The van der Waals surface area contributed by atoms with E-state index in [0.717, 1.165) is 25.9 Å². The number of piperidine rings is 1. The van der Waals surface area contributed by atoms with Crippen molar-refractivity contribution in [2.45, 2.75) is 12.8 Å². The number of rotatable bonds is 6. The summed E-state index contributed by atoms with van der Waals surface area (Å²) >= 11 is 0. The first-order valence-electron chi connectivity index (χ1n) is 8.73. The van der Waals surface area contributed by atoms with E-state index in [-0.39, 0.29) is 16.7 Å². The summed E-state index contributed by atoms with van der Waals surface area (Å²) in [6.45, 7) is 2.62. The molecule has 0 unspecified atom stereocenters. The van der Waals surface area contributed by atoms with E-state index in [1.165, 1.54) is 24.3 Å². The number of aromatic nitrogens is 1. The summed E-state index contributed by atoms with van der Waals surface area (Å²) in [5, 5.41) is 17.6. The van der Waals surface area contributed by atoms with E-state index < -0.39 is 16.4 Å². The summed E-state index contributed by atoms with van der Waals surface area (Å²) in [6, 6.07) is 5.20. The fourth-order valence-corrected chi connectivity index (χ4v) is 3.54. The molecule has 9 heteroatoms. The SMILES string of the molecule is COCC1(CNC(=O)c2cc(=O)[nH]c3ccc([N+](=O)[O-])cc23)CCNCC1. The maximum absolute atomic E-state index is 12.8. The minimum Gasteiger partial charge on any atom is -0.384 e. The number of pyridine rings is 1. The van der Waals surface area contributed by atoms with Crippen molar-refractivity contribution in [2.24, 2.45) is 5.41 Å². The van der Waals surface area contributed by atoms with Crippen LogP contribution in [0.1, 0.15) is 23.2 Å². The first kappa shape index (κ1) is 19.0. The second kappa shape index (κ2) is 7.85. The van der Waals surface area contributed by atoms with Crippen LogP contribution >= 0.6 is 0 Å². The zero-order valence-corrected chi connectivity index (χ0v) is 15.0. The van der Waals surface area contributed by atoms with Gasteiger partial charge in [-0.1, -0.05) is 0 Å². The van der Waals surface area contributed by atoms with E-state index in [4.69, 9.17) is 4.74 Å². The van der Waals surface area contributed by atoms with Crippen LogP contribution in [0.4, 0.5) is 5.69 Å². The van der Waals surface area contributed by atoms with Crippen molar-refractivity contribution in [3.05, 3.63) is 50.3 Å². The summed E-state index contributed by atoms with van der Waals surface area (Å²) in [5.74, 6) is -0.430. The smallest absolute Gasteiger partial charge is 0.270 e. The minimum absolute atomic E-state index is 0.124. The lowest BCUT2D eigenvalue weighted by Gasteiger charge is -2.37. The van der Waals surface area contributed by atoms with Gasteiger partial charge in [-0.3, -0.25) is 19.7 Å². The van der Waals surface area contributed by atoms with Crippen molar-refractivity contribution < 1.29 is 14.5 Å². The molecular weight excluding hydrogens is 352 g/mol. The van der Waals surface area contributed by atoms with Crippen LogP contribution in [0.25, 0.3) is 10.9 Å². The van der Waals surface area contributed by atoms with Gasteiger partial charge in [0.15, 0.2) is 0 Å².